The molecule has 9 heteroatoms. The van der Waals surface area contributed by atoms with Crippen molar-refractivity contribution in [3.63, 3.8) is 0 Å². The fraction of sp³-hybridized carbons (Fsp3) is 0.600. The number of oxazole rings is 1. The predicted molar refractivity (Wildman–Crippen MR) is 87.8 cm³/mol. The zero-order valence-electron chi connectivity index (χ0n) is 15.2. The number of amides is 2. The van der Waals surface area contributed by atoms with Gasteiger partial charge in [-0.25, -0.2) is 14.5 Å². The zero-order valence-corrected chi connectivity index (χ0v) is 15.2. The van der Waals surface area contributed by atoms with Crippen LogP contribution in [0.15, 0.2) is 10.6 Å². The molecule has 0 bridgehead atoms. The van der Waals surface area contributed by atoms with Gasteiger partial charge >= 0.3 is 12.0 Å². The third kappa shape index (κ3) is 5.56. The van der Waals surface area contributed by atoms with Crippen LogP contribution < -0.4 is 15.4 Å². The first-order valence-electron chi connectivity index (χ1n) is 7.54. The quantitative estimate of drug-likeness (QED) is 0.443. The Bertz CT molecular complexity index is 619. The number of ether oxygens (including phenoxy) is 1. The molecule has 0 aliphatic rings. The Hall–Kier alpha value is -2.58. The van der Waals surface area contributed by atoms with Crippen LogP contribution in [-0.4, -0.2) is 66.5 Å². The van der Waals surface area contributed by atoms with Gasteiger partial charge in [-0.05, 0) is 13.8 Å². The summed E-state index contributed by atoms with van der Waals surface area (Å²) in [5, 5.41) is 5.23. The molecule has 0 aliphatic heterocycles. The Balaban J connectivity index is 2.73. The summed E-state index contributed by atoms with van der Waals surface area (Å²) in [6, 6.07) is -0.528. The van der Waals surface area contributed by atoms with Crippen molar-refractivity contribution in [2.45, 2.75) is 32.9 Å². The van der Waals surface area contributed by atoms with E-state index in [0.717, 1.165) is 0 Å². The van der Waals surface area contributed by atoms with Crippen molar-refractivity contribution in [1.82, 2.24) is 20.5 Å². The molecule has 9 nitrogen and oxygen atoms in total. The van der Waals surface area contributed by atoms with Crippen LogP contribution in [0.1, 0.15) is 32.7 Å². The highest BCUT2D eigenvalue weighted by Gasteiger charge is 2.22. The third-order valence-corrected chi connectivity index (χ3v) is 3.00. The van der Waals surface area contributed by atoms with Gasteiger partial charge in [0.25, 0.3) is 0 Å². The molecule has 0 fully saturated rings. The Morgan fingerprint density at radius 2 is 1.92 bits per heavy atom. The highest BCUT2D eigenvalue weighted by molar-refractivity contribution is 5.86. The van der Waals surface area contributed by atoms with Crippen LogP contribution >= 0.6 is 0 Å². The van der Waals surface area contributed by atoms with Crippen molar-refractivity contribution >= 4 is 17.8 Å². The van der Waals surface area contributed by atoms with E-state index < -0.39 is 12.1 Å². The topological polar surface area (TPSA) is 99.7 Å². The summed E-state index contributed by atoms with van der Waals surface area (Å²) in [5.74, 6) is -0.0663. The van der Waals surface area contributed by atoms with E-state index in [0.29, 0.717) is 11.9 Å². The van der Waals surface area contributed by atoms with Gasteiger partial charge in [-0.15, -0.1) is 0 Å². The summed E-state index contributed by atoms with van der Waals surface area (Å²) < 4.78 is 13.0. The molecule has 2 amide bonds. The normalized spacial score (nSPS) is 12.8. The second kappa shape index (κ2) is 8.32. The van der Waals surface area contributed by atoms with Crippen LogP contribution in [0.3, 0.4) is 0 Å². The van der Waals surface area contributed by atoms with Gasteiger partial charge in [0.1, 0.15) is 18.3 Å². The molecule has 2 N–H and O–H groups in total. The Labute approximate surface area is 141 Å². The van der Waals surface area contributed by atoms with Crippen LogP contribution in [0.5, 0.6) is 5.95 Å². The Kier molecular flexibility index (Phi) is 6.75. The lowest BCUT2D eigenvalue weighted by atomic mass is 10.2. The molecule has 1 rings (SSSR count). The molecule has 0 spiro atoms. The summed E-state index contributed by atoms with van der Waals surface area (Å²) in [6.45, 7) is 4.69. The number of carbonyl (C=O) groups is 2. The van der Waals surface area contributed by atoms with E-state index in [1.165, 1.54) is 13.1 Å². The number of amidine groups is 1. The first kappa shape index (κ1) is 19.5. The van der Waals surface area contributed by atoms with Crippen LogP contribution in [0.25, 0.3) is 0 Å². The molecule has 0 unspecified atom stereocenters. The fourth-order valence-corrected chi connectivity index (χ4v) is 1.96. The number of carbonyl (C=O) groups excluding carboxylic acids is 2. The van der Waals surface area contributed by atoms with Gasteiger partial charge in [0.05, 0.1) is 28.2 Å². The van der Waals surface area contributed by atoms with Gasteiger partial charge in [-0.2, -0.15) is 0 Å². The molecular formula is C15H26N5O4+. The van der Waals surface area contributed by atoms with Crippen molar-refractivity contribution in [3.8, 4) is 5.95 Å². The number of nitrogens with one attached hydrogen (secondary N) is 2. The zero-order chi connectivity index (χ0) is 18.4. The van der Waals surface area contributed by atoms with E-state index >= 15 is 0 Å². The van der Waals surface area contributed by atoms with Crippen molar-refractivity contribution in [2.24, 2.45) is 0 Å². The summed E-state index contributed by atoms with van der Waals surface area (Å²) in [7, 11) is 7.38. The van der Waals surface area contributed by atoms with E-state index in [-0.39, 0.29) is 17.8 Å². The van der Waals surface area contributed by atoms with Crippen LogP contribution in [0.2, 0.25) is 0 Å². The lowest BCUT2D eigenvalue weighted by molar-refractivity contribution is -0.478. The Morgan fingerprint density at radius 1 is 1.29 bits per heavy atom. The molecule has 1 aromatic heterocycles. The van der Waals surface area contributed by atoms with Crippen molar-refractivity contribution in [1.29, 1.82) is 0 Å². The number of aromatic nitrogens is 1. The highest BCUT2D eigenvalue weighted by atomic mass is 16.6. The molecule has 1 aromatic rings. The first-order valence-corrected chi connectivity index (χ1v) is 7.54. The van der Waals surface area contributed by atoms with Crippen LogP contribution in [-0.2, 0) is 9.59 Å². The maximum absolute atomic E-state index is 12.0. The van der Waals surface area contributed by atoms with Gasteiger partial charge < -0.3 is 19.8 Å². The van der Waals surface area contributed by atoms with Crippen LogP contribution in [0, 0.1) is 0 Å². The SMILES string of the molecule is CC(=O)N[C@@H](C)C(=O)N[C@@H](C)c1ncc(OC(N(C)C)=[N+](C)C)o1. The largest absolute Gasteiger partial charge is 0.453 e. The van der Waals surface area contributed by atoms with Crippen molar-refractivity contribution < 1.29 is 23.3 Å². The van der Waals surface area contributed by atoms with E-state index in [1.807, 2.05) is 28.2 Å². The number of hydrogen-bond acceptors (Lipinski definition) is 5. The van der Waals surface area contributed by atoms with Crippen molar-refractivity contribution in [2.75, 3.05) is 28.2 Å². The first-order chi connectivity index (χ1) is 11.1. The second-order valence-electron chi connectivity index (χ2n) is 5.84. The highest BCUT2D eigenvalue weighted by Crippen LogP contribution is 2.18. The number of hydrogen-bond donors (Lipinski definition) is 2. The van der Waals surface area contributed by atoms with Gasteiger partial charge in [-0.3, -0.25) is 9.59 Å². The average Bonchev–Trinajstić information content (AvgIpc) is 2.91. The summed E-state index contributed by atoms with van der Waals surface area (Å²) >= 11 is 0. The summed E-state index contributed by atoms with van der Waals surface area (Å²) in [6.07, 6.45) is 1.45. The molecule has 134 valence electrons. The lowest BCUT2D eigenvalue weighted by Gasteiger charge is -2.15. The Morgan fingerprint density at radius 3 is 2.42 bits per heavy atom. The van der Waals surface area contributed by atoms with Gasteiger partial charge in [0.2, 0.25) is 17.7 Å². The molecule has 0 saturated heterocycles. The van der Waals surface area contributed by atoms with E-state index in [9.17, 15) is 9.59 Å². The van der Waals surface area contributed by atoms with E-state index in [2.05, 4.69) is 15.6 Å². The molecule has 0 aliphatic carbocycles. The van der Waals surface area contributed by atoms with Crippen molar-refractivity contribution in [3.05, 3.63) is 12.1 Å². The standard InChI is InChI=1S/C15H25N5O4/c1-9(17-11(3)21)13(22)18-10(2)14-16-8-12(23-14)24-15(19(4)5)20(6)7/h8-10H,1-7H3,(H-,17,18,21,22)/p+1/t9-,10-/m0/s1. The monoisotopic (exact) mass is 340 g/mol. The molecule has 0 saturated carbocycles. The maximum Gasteiger partial charge on any atom is 0.453 e. The fourth-order valence-electron chi connectivity index (χ4n) is 1.96. The van der Waals surface area contributed by atoms with Gasteiger partial charge in [-0.1, -0.05) is 0 Å². The lowest BCUT2D eigenvalue weighted by Crippen LogP contribution is -2.44. The maximum atomic E-state index is 12.0. The van der Waals surface area contributed by atoms with Gasteiger partial charge in [0.15, 0.2) is 0 Å². The van der Waals surface area contributed by atoms with Gasteiger partial charge in [0, 0.05) is 6.92 Å². The smallest absolute Gasteiger partial charge is 0.407 e. The van der Waals surface area contributed by atoms with E-state index in [4.69, 9.17) is 9.15 Å². The molecule has 2 atom stereocenters. The minimum Gasteiger partial charge on any atom is -0.407 e. The average molecular weight is 340 g/mol. The van der Waals surface area contributed by atoms with E-state index in [1.54, 1.807) is 23.3 Å². The minimum absolute atomic E-state index is 0.221. The number of rotatable bonds is 5. The molecule has 1 heterocycles. The summed E-state index contributed by atoms with van der Waals surface area (Å²) in [4.78, 5) is 28.9. The minimum atomic E-state index is -0.641. The van der Waals surface area contributed by atoms with Crippen LogP contribution in [0.4, 0.5) is 0 Å². The molecule has 0 aromatic carbocycles. The summed E-state index contributed by atoms with van der Waals surface area (Å²) in [5.41, 5.74) is 0. The molecular weight excluding hydrogens is 314 g/mol. The number of nitrogens with zero attached hydrogens (tertiary/aromatic N) is 3. The second-order valence-corrected chi connectivity index (χ2v) is 5.84. The molecule has 24 heavy (non-hydrogen) atoms. The third-order valence-electron chi connectivity index (χ3n) is 3.00. The molecule has 0 radical (unpaired) electrons. The predicted octanol–water partition coefficient (Wildman–Crippen LogP) is -0.0551.